The van der Waals surface area contributed by atoms with Gasteiger partial charge < -0.3 is 49.1 Å². The van der Waals surface area contributed by atoms with E-state index in [1.807, 2.05) is 5.32 Å². The Hall–Kier alpha value is -4.28. The topological polar surface area (TPSA) is 317 Å². The Morgan fingerprint density at radius 2 is 0.972 bits per heavy atom. The first-order valence-corrected chi connectivity index (χ1v) is 10.6. The fraction of sp³-hybridized carbons (Fsp3) is 0.579. The van der Waals surface area contributed by atoms with E-state index in [4.69, 9.17) is 28.0 Å². The Balaban J connectivity index is 5.58. The van der Waals surface area contributed by atoms with Crippen LogP contribution in [-0.4, -0.2) is 81.8 Å². The molecule has 0 aliphatic rings. The lowest BCUT2D eigenvalue weighted by Gasteiger charge is -2.24. The van der Waals surface area contributed by atoms with Crippen LogP contribution in [0, 0.1) is 0 Å². The molecular weight excluding hydrogens is 486 g/mol. The third-order valence-electron chi connectivity index (χ3n) is 4.66. The van der Waals surface area contributed by atoms with Crippen molar-refractivity contribution in [3.8, 4) is 0 Å². The van der Waals surface area contributed by atoms with E-state index < -0.39 is 90.8 Å². The highest BCUT2D eigenvalue weighted by Crippen LogP contribution is 2.05. The van der Waals surface area contributed by atoms with E-state index in [0.717, 1.165) is 0 Å². The normalized spacial score (nSPS) is 13.8. The van der Waals surface area contributed by atoms with Crippen molar-refractivity contribution in [3.63, 3.8) is 0 Å². The Morgan fingerprint density at radius 3 is 1.42 bits per heavy atom. The molecule has 0 aromatic carbocycles. The number of aliphatic carboxylic acids is 2. The van der Waals surface area contributed by atoms with Gasteiger partial charge in [0.1, 0.15) is 18.1 Å². The Labute approximate surface area is 204 Å². The average molecular weight is 517 g/mol. The van der Waals surface area contributed by atoms with Gasteiger partial charge in [-0.25, -0.2) is 4.79 Å². The molecule has 0 rings (SSSR count). The minimum absolute atomic E-state index is 0.156. The van der Waals surface area contributed by atoms with E-state index in [-0.39, 0.29) is 25.7 Å². The standard InChI is InChI=1S/C19H31N7O10/c20-8(1-4-12(21)27)16(32)24-9(2-5-13(22)28)17(33)26-11(7-15(30)31)18(34)25-10(19(35)36)3-6-14(23)29/h8-11H,1-7,20H2,(H2,21,27)(H2,22,28)(H2,23,29)(H,24,32)(H,25,34)(H,26,33)(H,30,31)(H,35,36). The van der Waals surface area contributed by atoms with Crippen molar-refractivity contribution in [1.29, 1.82) is 0 Å². The largest absolute Gasteiger partial charge is 0.481 e. The molecule has 17 nitrogen and oxygen atoms in total. The lowest BCUT2D eigenvalue weighted by atomic mass is 10.1. The molecule has 6 amide bonds. The fourth-order valence-electron chi connectivity index (χ4n) is 2.74. The van der Waals surface area contributed by atoms with Gasteiger partial charge in [0.2, 0.25) is 35.4 Å². The minimum Gasteiger partial charge on any atom is -0.481 e. The molecule has 13 N–H and O–H groups in total. The van der Waals surface area contributed by atoms with Crippen molar-refractivity contribution in [1.82, 2.24) is 16.0 Å². The molecule has 4 atom stereocenters. The molecule has 0 spiro atoms. The molecular formula is C19H31N7O10. The van der Waals surface area contributed by atoms with Crippen molar-refractivity contribution in [2.75, 3.05) is 0 Å². The first kappa shape index (κ1) is 31.7. The number of hydrogen-bond donors (Lipinski definition) is 9. The van der Waals surface area contributed by atoms with E-state index in [1.54, 1.807) is 0 Å². The zero-order valence-corrected chi connectivity index (χ0v) is 19.2. The summed E-state index contributed by atoms with van der Waals surface area (Å²) in [7, 11) is 0. The first-order chi connectivity index (χ1) is 16.6. The summed E-state index contributed by atoms with van der Waals surface area (Å²) in [6, 6.07) is -6.19. The average Bonchev–Trinajstić information content (AvgIpc) is 2.75. The molecule has 0 saturated heterocycles. The van der Waals surface area contributed by atoms with Crippen molar-refractivity contribution in [2.24, 2.45) is 22.9 Å². The van der Waals surface area contributed by atoms with Gasteiger partial charge in [-0.1, -0.05) is 0 Å². The lowest BCUT2D eigenvalue weighted by molar-refractivity contribution is -0.144. The summed E-state index contributed by atoms with van der Waals surface area (Å²) in [5.41, 5.74) is 20.7. The molecule has 36 heavy (non-hydrogen) atoms. The Bertz CT molecular complexity index is 879. The molecule has 202 valence electrons. The molecule has 0 aromatic rings. The summed E-state index contributed by atoms with van der Waals surface area (Å²) in [5, 5.41) is 24.6. The van der Waals surface area contributed by atoms with Gasteiger partial charge in [-0.3, -0.25) is 33.6 Å². The monoisotopic (exact) mass is 517 g/mol. The number of primary amides is 3. The Kier molecular flexibility index (Phi) is 13.7. The fourth-order valence-corrected chi connectivity index (χ4v) is 2.74. The van der Waals surface area contributed by atoms with Gasteiger partial charge in [0.15, 0.2) is 0 Å². The van der Waals surface area contributed by atoms with Gasteiger partial charge >= 0.3 is 11.9 Å². The molecule has 0 heterocycles. The molecule has 0 radical (unpaired) electrons. The maximum atomic E-state index is 12.8. The molecule has 0 bridgehead atoms. The van der Waals surface area contributed by atoms with Gasteiger partial charge in [-0.05, 0) is 19.3 Å². The Morgan fingerprint density at radius 1 is 0.583 bits per heavy atom. The van der Waals surface area contributed by atoms with Crippen LogP contribution in [0.4, 0.5) is 0 Å². The van der Waals surface area contributed by atoms with Gasteiger partial charge in [0, 0.05) is 19.3 Å². The minimum atomic E-state index is -1.80. The van der Waals surface area contributed by atoms with Crippen LogP contribution >= 0.6 is 0 Å². The highest BCUT2D eigenvalue weighted by atomic mass is 16.4. The number of hydrogen-bond acceptors (Lipinski definition) is 9. The second-order valence-electron chi connectivity index (χ2n) is 7.74. The predicted octanol–water partition coefficient (Wildman–Crippen LogP) is -4.88. The van der Waals surface area contributed by atoms with Gasteiger partial charge in [-0.15, -0.1) is 0 Å². The van der Waals surface area contributed by atoms with Crippen molar-refractivity contribution >= 4 is 47.4 Å². The van der Waals surface area contributed by atoms with Crippen molar-refractivity contribution in [2.45, 2.75) is 69.1 Å². The number of carboxylic acid groups (broad SMARTS) is 2. The summed E-state index contributed by atoms with van der Waals surface area (Å²) in [6.45, 7) is 0. The van der Waals surface area contributed by atoms with E-state index in [0.29, 0.717) is 0 Å². The summed E-state index contributed by atoms with van der Waals surface area (Å²) in [6.07, 6.45) is -2.90. The van der Waals surface area contributed by atoms with Crippen LogP contribution in [0.15, 0.2) is 0 Å². The van der Waals surface area contributed by atoms with Crippen LogP contribution in [0.2, 0.25) is 0 Å². The summed E-state index contributed by atoms with van der Waals surface area (Å²) in [4.78, 5) is 93.1. The quantitative estimate of drug-likeness (QED) is 0.0829. The van der Waals surface area contributed by atoms with E-state index in [1.165, 1.54) is 0 Å². The molecule has 0 fully saturated rings. The molecule has 0 aromatic heterocycles. The third kappa shape index (κ3) is 13.4. The number of rotatable bonds is 18. The molecule has 0 aliphatic carbocycles. The van der Waals surface area contributed by atoms with E-state index >= 15 is 0 Å². The smallest absolute Gasteiger partial charge is 0.326 e. The lowest BCUT2D eigenvalue weighted by Crippen LogP contribution is -2.57. The van der Waals surface area contributed by atoms with Crippen LogP contribution < -0.4 is 38.9 Å². The third-order valence-corrected chi connectivity index (χ3v) is 4.66. The van der Waals surface area contributed by atoms with Gasteiger partial charge in [0.25, 0.3) is 0 Å². The van der Waals surface area contributed by atoms with E-state index in [9.17, 15) is 43.5 Å². The highest BCUT2D eigenvalue weighted by Gasteiger charge is 2.32. The number of carbonyl (C=O) groups is 8. The zero-order valence-electron chi connectivity index (χ0n) is 19.2. The second kappa shape index (κ2) is 15.6. The molecule has 17 heteroatoms. The zero-order chi connectivity index (χ0) is 28.0. The van der Waals surface area contributed by atoms with Crippen LogP contribution in [0.25, 0.3) is 0 Å². The predicted molar refractivity (Wildman–Crippen MR) is 119 cm³/mol. The number of carboxylic acids is 2. The molecule has 4 unspecified atom stereocenters. The van der Waals surface area contributed by atoms with Gasteiger partial charge in [0.05, 0.1) is 12.5 Å². The second-order valence-corrected chi connectivity index (χ2v) is 7.74. The maximum Gasteiger partial charge on any atom is 0.326 e. The van der Waals surface area contributed by atoms with Crippen molar-refractivity contribution < 1.29 is 48.6 Å². The van der Waals surface area contributed by atoms with Crippen LogP contribution in [0.1, 0.15) is 44.9 Å². The summed E-state index contributed by atoms with van der Waals surface area (Å²) < 4.78 is 0. The van der Waals surface area contributed by atoms with E-state index in [2.05, 4.69) is 10.6 Å². The molecule has 0 aliphatic heterocycles. The number of carbonyl (C=O) groups excluding carboxylic acids is 6. The number of nitrogens with two attached hydrogens (primary N) is 4. The van der Waals surface area contributed by atoms with Crippen LogP contribution in [0.3, 0.4) is 0 Å². The van der Waals surface area contributed by atoms with Gasteiger partial charge in [-0.2, -0.15) is 0 Å². The SMILES string of the molecule is NC(=O)CCC(N)C(=O)NC(CCC(N)=O)C(=O)NC(CC(=O)O)C(=O)NC(CCC(N)=O)C(=O)O. The number of nitrogens with one attached hydrogen (secondary N) is 3. The van der Waals surface area contributed by atoms with Crippen LogP contribution in [-0.2, 0) is 38.4 Å². The maximum absolute atomic E-state index is 12.8. The summed E-state index contributed by atoms with van der Waals surface area (Å²) in [5.74, 6) is -8.69. The summed E-state index contributed by atoms with van der Waals surface area (Å²) >= 11 is 0. The van der Waals surface area contributed by atoms with Crippen molar-refractivity contribution in [3.05, 3.63) is 0 Å². The first-order valence-electron chi connectivity index (χ1n) is 10.6. The number of amides is 6. The molecule has 0 saturated carbocycles. The highest BCUT2D eigenvalue weighted by molar-refractivity contribution is 5.96. The van der Waals surface area contributed by atoms with Crippen LogP contribution in [0.5, 0.6) is 0 Å².